The van der Waals surface area contributed by atoms with E-state index in [1.165, 1.54) is 10.7 Å². The fourth-order valence-corrected chi connectivity index (χ4v) is 3.36. The smallest absolute Gasteiger partial charge is 0.276 e. The minimum absolute atomic E-state index is 0.164. The monoisotopic (exact) mass is 395 g/mol. The highest BCUT2D eigenvalue weighted by atomic mass is 35.5. The highest BCUT2D eigenvalue weighted by Gasteiger charge is 2.19. The Labute approximate surface area is 169 Å². The molecule has 0 radical (unpaired) electrons. The van der Waals surface area contributed by atoms with Crippen molar-refractivity contribution in [2.75, 3.05) is 0 Å². The molecular weight excluding hydrogens is 374 g/mol. The van der Waals surface area contributed by atoms with Gasteiger partial charge in [0.05, 0.1) is 16.8 Å². The molecule has 0 fully saturated rings. The molecule has 0 aliphatic rings. The molecule has 3 rings (SSSR count). The van der Waals surface area contributed by atoms with Crippen molar-refractivity contribution in [1.82, 2.24) is 15.1 Å². The van der Waals surface area contributed by atoms with Gasteiger partial charge in [-0.2, -0.15) is 5.10 Å². The second kappa shape index (κ2) is 7.98. The fourth-order valence-electron chi connectivity index (χ4n) is 3.14. The van der Waals surface area contributed by atoms with Crippen LogP contribution in [0.15, 0.2) is 53.3 Å². The van der Waals surface area contributed by atoms with Crippen LogP contribution < -0.4 is 10.7 Å². The SMILES string of the molecule is Cc1ccc(C)c(C(C)NC(=O)c2nn(-c3ccccc3Cl)c(C)cc2=O)c1. The van der Waals surface area contributed by atoms with Crippen LogP contribution in [-0.2, 0) is 0 Å². The highest BCUT2D eigenvalue weighted by Crippen LogP contribution is 2.21. The van der Waals surface area contributed by atoms with Gasteiger partial charge in [-0.1, -0.05) is 47.5 Å². The summed E-state index contributed by atoms with van der Waals surface area (Å²) in [6.07, 6.45) is 0. The van der Waals surface area contributed by atoms with Crippen molar-refractivity contribution >= 4 is 17.5 Å². The number of nitrogens with one attached hydrogen (secondary N) is 1. The van der Waals surface area contributed by atoms with Crippen LogP contribution in [0.3, 0.4) is 0 Å². The van der Waals surface area contributed by atoms with Crippen molar-refractivity contribution in [3.05, 3.63) is 91.9 Å². The van der Waals surface area contributed by atoms with Crippen molar-refractivity contribution in [3.8, 4) is 5.69 Å². The molecule has 1 unspecified atom stereocenters. The molecular formula is C22H22ClN3O2. The van der Waals surface area contributed by atoms with Crippen LogP contribution in [0.5, 0.6) is 0 Å². The van der Waals surface area contributed by atoms with E-state index >= 15 is 0 Å². The maximum absolute atomic E-state index is 12.8. The highest BCUT2D eigenvalue weighted by molar-refractivity contribution is 6.32. The summed E-state index contributed by atoms with van der Waals surface area (Å²) in [4.78, 5) is 25.2. The minimum Gasteiger partial charge on any atom is -0.344 e. The number of rotatable bonds is 4. The third kappa shape index (κ3) is 3.99. The van der Waals surface area contributed by atoms with Gasteiger partial charge in [0.1, 0.15) is 0 Å². The molecule has 0 spiro atoms. The van der Waals surface area contributed by atoms with Gasteiger partial charge >= 0.3 is 0 Å². The fraction of sp³-hybridized carbons (Fsp3) is 0.227. The number of para-hydroxylation sites is 1. The topological polar surface area (TPSA) is 64.0 Å². The van der Waals surface area contributed by atoms with Gasteiger partial charge in [0.15, 0.2) is 5.69 Å². The first-order valence-corrected chi connectivity index (χ1v) is 9.39. The third-order valence-electron chi connectivity index (χ3n) is 4.65. The Morgan fingerprint density at radius 2 is 1.82 bits per heavy atom. The zero-order valence-corrected chi connectivity index (χ0v) is 17.0. The van der Waals surface area contributed by atoms with Crippen molar-refractivity contribution in [2.24, 2.45) is 0 Å². The number of hydrogen-bond donors (Lipinski definition) is 1. The third-order valence-corrected chi connectivity index (χ3v) is 4.97. The number of halogens is 1. The van der Waals surface area contributed by atoms with Crippen LogP contribution >= 0.6 is 11.6 Å². The Morgan fingerprint density at radius 3 is 2.54 bits per heavy atom. The summed E-state index contributed by atoms with van der Waals surface area (Å²) in [5, 5.41) is 7.67. The Hall–Kier alpha value is -2.92. The normalized spacial score (nSPS) is 11.9. The van der Waals surface area contributed by atoms with E-state index in [4.69, 9.17) is 11.6 Å². The van der Waals surface area contributed by atoms with Gasteiger partial charge in [-0.15, -0.1) is 0 Å². The Bertz CT molecular complexity index is 1110. The Kier molecular flexibility index (Phi) is 5.66. The standard InChI is InChI=1S/C22H22ClN3O2/c1-13-9-10-14(2)17(11-13)16(4)24-22(28)21-20(27)12-15(3)26(25-21)19-8-6-5-7-18(19)23/h5-12,16H,1-4H3,(H,24,28). The van der Waals surface area contributed by atoms with Gasteiger partial charge in [0.25, 0.3) is 5.91 Å². The van der Waals surface area contributed by atoms with Crippen molar-refractivity contribution in [1.29, 1.82) is 0 Å². The molecule has 1 heterocycles. The van der Waals surface area contributed by atoms with E-state index < -0.39 is 11.3 Å². The number of aryl methyl sites for hydroxylation is 3. The summed E-state index contributed by atoms with van der Waals surface area (Å²) in [5.41, 5.74) is 3.80. The number of hydrogen-bond acceptors (Lipinski definition) is 3. The lowest BCUT2D eigenvalue weighted by atomic mass is 10.00. The number of benzene rings is 2. The molecule has 3 aromatic rings. The zero-order chi connectivity index (χ0) is 20.4. The van der Waals surface area contributed by atoms with Crippen LogP contribution in [-0.4, -0.2) is 15.7 Å². The van der Waals surface area contributed by atoms with E-state index in [2.05, 4.69) is 10.4 Å². The number of amides is 1. The molecule has 6 heteroatoms. The second-order valence-corrected chi connectivity index (χ2v) is 7.32. The number of nitrogens with zero attached hydrogens (tertiary/aromatic N) is 2. The molecule has 1 N–H and O–H groups in total. The molecule has 2 aromatic carbocycles. The molecule has 1 aromatic heterocycles. The predicted octanol–water partition coefficient (Wildman–Crippen LogP) is 4.30. The summed E-state index contributed by atoms with van der Waals surface area (Å²) >= 11 is 6.26. The van der Waals surface area contributed by atoms with Gasteiger partial charge in [0, 0.05) is 11.8 Å². The molecule has 0 saturated heterocycles. The van der Waals surface area contributed by atoms with E-state index in [0.717, 1.165) is 16.7 Å². The van der Waals surface area contributed by atoms with E-state index in [0.29, 0.717) is 16.4 Å². The lowest BCUT2D eigenvalue weighted by molar-refractivity contribution is 0.0931. The predicted molar refractivity (Wildman–Crippen MR) is 111 cm³/mol. The molecule has 0 aliphatic carbocycles. The number of carbonyl (C=O) groups excluding carboxylic acids is 1. The van der Waals surface area contributed by atoms with Crippen LogP contribution in [0, 0.1) is 20.8 Å². The summed E-state index contributed by atoms with van der Waals surface area (Å²) in [6.45, 7) is 7.63. The van der Waals surface area contributed by atoms with Crippen molar-refractivity contribution < 1.29 is 4.79 Å². The molecule has 28 heavy (non-hydrogen) atoms. The molecule has 0 aliphatic heterocycles. The van der Waals surface area contributed by atoms with E-state index in [-0.39, 0.29) is 11.7 Å². The molecule has 144 valence electrons. The van der Waals surface area contributed by atoms with E-state index in [1.807, 2.05) is 51.1 Å². The van der Waals surface area contributed by atoms with Crippen molar-refractivity contribution in [2.45, 2.75) is 33.7 Å². The molecule has 0 saturated carbocycles. The Balaban J connectivity index is 1.96. The van der Waals surface area contributed by atoms with Gasteiger partial charge in [-0.25, -0.2) is 4.68 Å². The van der Waals surface area contributed by atoms with E-state index in [9.17, 15) is 9.59 Å². The lowest BCUT2D eigenvalue weighted by Crippen LogP contribution is -2.33. The summed E-state index contributed by atoms with van der Waals surface area (Å²) in [5.74, 6) is -0.515. The second-order valence-electron chi connectivity index (χ2n) is 6.92. The zero-order valence-electron chi connectivity index (χ0n) is 16.3. The molecule has 0 bridgehead atoms. The van der Waals surface area contributed by atoms with Crippen LogP contribution in [0.2, 0.25) is 5.02 Å². The van der Waals surface area contributed by atoms with Crippen LogP contribution in [0.25, 0.3) is 5.69 Å². The van der Waals surface area contributed by atoms with Gasteiger partial charge in [0.2, 0.25) is 5.43 Å². The first-order chi connectivity index (χ1) is 13.3. The molecule has 1 amide bonds. The average molecular weight is 396 g/mol. The number of aromatic nitrogens is 2. The quantitative estimate of drug-likeness (QED) is 0.716. The van der Waals surface area contributed by atoms with Crippen molar-refractivity contribution in [3.63, 3.8) is 0 Å². The van der Waals surface area contributed by atoms with Crippen LogP contribution in [0.1, 0.15) is 45.8 Å². The Morgan fingerprint density at radius 1 is 1.11 bits per heavy atom. The van der Waals surface area contributed by atoms with Gasteiger partial charge in [-0.3, -0.25) is 9.59 Å². The van der Waals surface area contributed by atoms with Crippen LogP contribution in [0.4, 0.5) is 0 Å². The summed E-state index contributed by atoms with van der Waals surface area (Å²) in [6, 6.07) is 14.4. The molecule has 5 nitrogen and oxygen atoms in total. The minimum atomic E-state index is -0.515. The molecule has 1 atom stereocenters. The van der Waals surface area contributed by atoms with Gasteiger partial charge < -0.3 is 5.32 Å². The average Bonchev–Trinajstić information content (AvgIpc) is 2.64. The first kappa shape index (κ1) is 19.8. The lowest BCUT2D eigenvalue weighted by Gasteiger charge is -2.18. The maximum Gasteiger partial charge on any atom is 0.276 e. The maximum atomic E-state index is 12.8. The van der Waals surface area contributed by atoms with Gasteiger partial charge in [-0.05, 0) is 51.0 Å². The first-order valence-electron chi connectivity index (χ1n) is 9.02. The van der Waals surface area contributed by atoms with E-state index in [1.54, 1.807) is 19.1 Å². The number of carbonyl (C=O) groups is 1. The summed E-state index contributed by atoms with van der Waals surface area (Å²) in [7, 11) is 0. The summed E-state index contributed by atoms with van der Waals surface area (Å²) < 4.78 is 1.52. The largest absolute Gasteiger partial charge is 0.344 e.